The largest absolute Gasteiger partial charge is 0.361 e. The van der Waals surface area contributed by atoms with E-state index in [1.807, 2.05) is 13.8 Å². The molecule has 0 aliphatic rings. The van der Waals surface area contributed by atoms with Gasteiger partial charge in [0, 0.05) is 0 Å². The molecule has 0 atom stereocenters. The maximum absolute atomic E-state index is 11.9. The molecule has 0 aliphatic carbocycles. The van der Waals surface area contributed by atoms with Crippen molar-refractivity contribution in [2.45, 2.75) is 39.2 Å². The first-order valence-corrected chi connectivity index (χ1v) is 5.23. The van der Waals surface area contributed by atoms with Gasteiger partial charge in [0.1, 0.15) is 16.9 Å². The highest BCUT2D eigenvalue weighted by molar-refractivity contribution is 5.95. The number of nitrogens with one attached hydrogen (secondary N) is 1. The molecule has 0 saturated heterocycles. The van der Waals surface area contributed by atoms with Crippen molar-refractivity contribution in [3.63, 3.8) is 0 Å². The number of hydrogen-bond acceptors (Lipinski definition) is 4. The molecule has 1 aromatic rings. The predicted octanol–water partition coefficient (Wildman–Crippen LogP) is 1.80. The maximum atomic E-state index is 11.9. The lowest BCUT2D eigenvalue weighted by Crippen LogP contribution is -2.46. The summed E-state index contributed by atoms with van der Waals surface area (Å²) >= 11 is 0. The molecule has 1 aromatic heterocycles. The summed E-state index contributed by atoms with van der Waals surface area (Å²) in [5.41, 5.74) is -0.428. The standard InChI is InChI=1S/C11H15N3O2/c1-4-11(5-2,7-12)14-10(15)9-6-13-16-8(9)3/h6H,4-5H2,1-3H3,(H,14,15). The summed E-state index contributed by atoms with van der Waals surface area (Å²) in [6, 6.07) is 2.14. The van der Waals surface area contributed by atoms with Crippen molar-refractivity contribution in [3.05, 3.63) is 17.5 Å². The highest BCUT2D eigenvalue weighted by atomic mass is 16.5. The van der Waals surface area contributed by atoms with Gasteiger partial charge in [-0.2, -0.15) is 5.26 Å². The normalized spacial score (nSPS) is 10.9. The van der Waals surface area contributed by atoms with Crippen molar-refractivity contribution in [3.8, 4) is 6.07 Å². The van der Waals surface area contributed by atoms with Gasteiger partial charge >= 0.3 is 0 Å². The molecule has 1 heterocycles. The minimum Gasteiger partial charge on any atom is -0.361 e. The molecule has 0 unspecified atom stereocenters. The third kappa shape index (κ3) is 2.22. The molecule has 0 radical (unpaired) electrons. The van der Waals surface area contributed by atoms with E-state index in [9.17, 15) is 4.79 Å². The van der Waals surface area contributed by atoms with Crippen LogP contribution in [0.4, 0.5) is 0 Å². The zero-order chi connectivity index (χ0) is 12.2. The fourth-order valence-corrected chi connectivity index (χ4v) is 1.41. The molecule has 1 N–H and O–H groups in total. The predicted molar refractivity (Wildman–Crippen MR) is 57.6 cm³/mol. The zero-order valence-corrected chi connectivity index (χ0v) is 9.70. The van der Waals surface area contributed by atoms with Gasteiger partial charge in [0.2, 0.25) is 0 Å². The fraction of sp³-hybridized carbons (Fsp3) is 0.545. The average Bonchev–Trinajstić information content (AvgIpc) is 2.72. The van der Waals surface area contributed by atoms with E-state index in [-0.39, 0.29) is 5.91 Å². The third-order valence-corrected chi connectivity index (χ3v) is 2.77. The Kier molecular flexibility index (Phi) is 3.67. The second kappa shape index (κ2) is 4.79. The smallest absolute Gasteiger partial charge is 0.257 e. The van der Waals surface area contributed by atoms with Crippen LogP contribution in [0.5, 0.6) is 0 Å². The zero-order valence-electron chi connectivity index (χ0n) is 9.70. The van der Waals surface area contributed by atoms with Gasteiger partial charge in [0.25, 0.3) is 5.91 Å². The molecule has 0 aliphatic heterocycles. The number of carbonyl (C=O) groups is 1. The molecular formula is C11H15N3O2. The molecule has 0 spiro atoms. The first-order valence-electron chi connectivity index (χ1n) is 5.23. The number of rotatable bonds is 4. The van der Waals surface area contributed by atoms with Crippen LogP contribution in [0.25, 0.3) is 0 Å². The molecule has 1 rings (SSSR count). The molecule has 0 bridgehead atoms. The molecule has 0 aromatic carbocycles. The van der Waals surface area contributed by atoms with Crippen LogP contribution >= 0.6 is 0 Å². The summed E-state index contributed by atoms with van der Waals surface area (Å²) in [6.45, 7) is 5.40. The first kappa shape index (κ1) is 12.2. The van der Waals surface area contributed by atoms with Crippen molar-refractivity contribution < 1.29 is 9.32 Å². The summed E-state index contributed by atoms with van der Waals surface area (Å²) in [4.78, 5) is 11.9. The summed E-state index contributed by atoms with van der Waals surface area (Å²) in [5.74, 6) is 0.139. The molecular weight excluding hydrogens is 206 g/mol. The average molecular weight is 221 g/mol. The highest BCUT2D eigenvalue weighted by Gasteiger charge is 2.29. The lowest BCUT2D eigenvalue weighted by Gasteiger charge is -2.24. The quantitative estimate of drug-likeness (QED) is 0.840. The second-order valence-electron chi connectivity index (χ2n) is 3.65. The maximum Gasteiger partial charge on any atom is 0.257 e. The van der Waals surface area contributed by atoms with Gasteiger partial charge < -0.3 is 9.84 Å². The van der Waals surface area contributed by atoms with Crippen molar-refractivity contribution >= 4 is 5.91 Å². The highest BCUT2D eigenvalue weighted by Crippen LogP contribution is 2.15. The van der Waals surface area contributed by atoms with Crippen molar-refractivity contribution in [2.75, 3.05) is 0 Å². The lowest BCUT2D eigenvalue weighted by atomic mass is 9.94. The van der Waals surface area contributed by atoms with Gasteiger partial charge in [-0.15, -0.1) is 0 Å². The minimum atomic E-state index is -0.805. The molecule has 0 saturated carbocycles. The summed E-state index contributed by atoms with van der Waals surface area (Å²) in [5, 5.41) is 15.3. The molecule has 16 heavy (non-hydrogen) atoms. The summed E-state index contributed by atoms with van der Waals surface area (Å²) in [6.07, 6.45) is 2.49. The van der Waals surface area contributed by atoms with Crippen molar-refractivity contribution in [1.82, 2.24) is 10.5 Å². The summed E-state index contributed by atoms with van der Waals surface area (Å²) in [7, 11) is 0. The van der Waals surface area contributed by atoms with Gasteiger partial charge in [-0.3, -0.25) is 4.79 Å². The van der Waals surface area contributed by atoms with E-state index >= 15 is 0 Å². The van der Waals surface area contributed by atoms with E-state index in [0.29, 0.717) is 24.2 Å². The van der Waals surface area contributed by atoms with Crippen LogP contribution in [0.3, 0.4) is 0 Å². The van der Waals surface area contributed by atoms with Crippen LogP contribution in [-0.2, 0) is 0 Å². The van der Waals surface area contributed by atoms with Crippen LogP contribution in [0, 0.1) is 18.3 Å². The van der Waals surface area contributed by atoms with E-state index in [4.69, 9.17) is 9.78 Å². The number of amides is 1. The monoisotopic (exact) mass is 221 g/mol. The Morgan fingerprint density at radius 1 is 1.62 bits per heavy atom. The Labute approximate surface area is 94.4 Å². The van der Waals surface area contributed by atoms with Gasteiger partial charge in [-0.05, 0) is 19.8 Å². The van der Waals surface area contributed by atoms with Gasteiger partial charge in [0.15, 0.2) is 0 Å². The minimum absolute atomic E-state index is 0.316. The lowest BCUT2D eigenvalue weighted by molar-refractivity contribution is 0.0914. The van der Waals surface area contributed by atoms with Crippen LogP contribution in [0.2, 0.25) is 0 Å². The second-order valence-corrected chi connectivity index (χ2v) is 3.65. The van der Waals surface area contributed by atoms with Crippen LogP contribution in [-0.4, -0.2) is 16.6 Å². The van der Waals surface area contributed by atoms with Gasteiger partial charge in [-0.25, -0.2) is 0 Å². The van der Waals surface area contributed by atoms with Crippen molar-refractivity contribution in [2.24, 2.45) is 0 Å². The molecule has 5 heteroatoms. The van der Waals surface area contributed by atoms with E-state index in [0.717, 1.165) is 0 Å². The van der Waals surface area contributed by atoms with Gasteiger partial charge in [-0.1, -0.05) is 19.0 Å². The van der Waals surface area contributed by atoms with Crippen LogP contribution in [0.15, 0.2) is 10.7 Å². The topological polar surface area (TPSA) is 78.9 Å². The third-order valence-electron chi connectivity index (χ3n) is 2.77. The number of hydrogen-bond donors (Lipinski definition) is 1. The van der Waals surface area contributed by atoms with E-state index in [1.54, 1.807) is 6.92 Å². The molecule has 0 fully saturated rings. The Balaban J connectivity index is 2.86. The van der Waals surface area contributed by atoms with E-state index < -0.39 is 5.54 Å². The van der Waals surface area contributed by atoms with Crippen molar-refractivity contribution in [1.29, 1.82) is 5.26 Å². The first-order chi connectivity index (χ1) is 7.58. The SMILES string of the molecule is CCC(C#N)(CC)NC(=O)c1cnoc1C. The Morgan fingerprint density at radius 2 is 2.25 bits per heavy atom. The fourth-order valence-electron chi connectivity index (χ4n) is 1.41. The van der Waals surface area contributed by atoms with E-state index in [2.05, 4.69) is 16.5 Å². The molecule has 1 amide bonds. The molecule has 5 nitrogen and oxygen atoms in total. The summed E-state index contributed by atoms with van der Waals surface area (Å²) < 4.78 is 4.81. The number of aryl methyl sites for hydroxylation is 1. The number of nitrogens with zero attached hydrogens (tertiary/aromatic N) is 2. The number of nitriles is 1. The van der Waals surface area contributed by atoms with E-state index in [1.165, 1.54) is 6.20 Å². The Bertz CT molecular complexity index is 413. The van der Waals surface area contributed by atoms with Gasteiger partial charge in [0.05, 0.1) is 12.3 Å². The number of carbonyl (C=O) groups excluding carboxylic acids is 1. The van der Waals surface area contributed by atoms with Crippen LogP contribution in [0.1, 0.15) is 42.8 Å². The number of aromatic nitrogens is 1. The van der Waals surface area contributed by atoms with Crippen LogP contribution < -0.4 is 5.32 Å². The Morgan fingerprint density at radius 3 is 2.62 bits per heavy atom. The Hall–Kier alpha value is -1.83. The molecule has 86 valence electrons.